The number of rotatable bonds is 9. The Morgan fingerprint density at radius 2 is 1.84 bits per heavy atom. The summed E-state index contributed by atoms with van der Waals surface area (Å²) in [5.74, 6) is 0.858. The van der Waals surface area contributed by atoms with Crippen LogP contribution < -0.4 is 10.6 Å². The Kier molecular flexibility index (Phi) is 11.8. The lowest BCUT2D eigenvalue weighted by atomic mass is 10.2. The van der Waals surface area contributed by atoms with Gasteiger partial charge in [0.15, 0.2) is 15.8 Å². The van der Waals surface area contributed by atoms with Crippen molar-refractivity contribution in [2.45, 2.75) is 36.8 Å². The Morgan fingerprint density at radius 1 is 1.20 bits per heavy atom. The fraction of sp³-hybridized carbons (Fsp3) is 0.588. The van der Waals surface area contributed by atoms with Crippen molar-refractivity contribution in [2.75, 3.05) is 31.6 Å². The maximum absolute atomic E-state index is 12.2. The van der Waals surface area contributed by atoms with Crippen molar-refractivity contribution in [1.29, 1.82) is 0 Å². The Balaban J connectivity index is 0.00000576. The van der Waals surface area contributed by atoms with E-state index in [1.54, 1.807) is 36.0 Å². The van der Waals surface area contributed by atoms with Gasteiger partial charge in [-0.2, -0.15) is 11.8 Å². The molecule has 0 fully saturated rings. The molecule has 0 saturated carbocycles. The monoisotopic (exact) mass is 499 g/mol. The van der Waals surface area contributed by atoms with E-state index in [2.05, 4.69) is 35.7 Å². The summed E-state index contributed by atoms with van der Waals surface area (Å²) < 4.78 is 24.5. The van der Waals surface area contributed by atoms with E-state index in [1.807, 2.05) is 13.0 Å². The summed E-state index contributed by atoms with van der Waals surface area (Å²) in [5, 5.41) is 6.40. The van der Waals surface area contributed by atoms with Crippen LogP contribution in [0, 0.1) is 0 Å². The summed E-state index contributed by atoms with van der Waals surface area (Å²) in [6.07, 6.45) is 2.61. The van der Waals surface area contributed by atoms with Gasteiger partial charge in [0.2, 0.25) is 0 Å². The Morgan fingerprint density at radius 3 is 2.40 bits per heavy atom. The smallest absolute Gasteiger partial charge is 0.191 e. The van der Waals surface area contributed by atoms with Crippen LogP contribution in [-0.4, -0.2) is 50.8 Å². The van der Waals surface area contributed by atoms with Gasteiger partial charge in [-0.25, -0.2) is 8.42 Å². The van der Waals surface area contributed by atoms with Crippen molar-refractivity contribution in [3.63, 3.8) is 0 Å². The van der Waals surface area contributed by atoms with Crippen LogP contribution in [0.5, 0.6) is 0 Å². The fourth-order valence-corrected chi connectivity index (χ4v) is 3.42. The summed E-state index contributed by atoms with van der Waals surface area (Å²) in [5.41, 5.74) is 0. The lowest BCUT2D eigenvalue weighted by Gasteiger charge is -2.20. The van der Waals surface area contributed by atoms with E-state index in [4.69, 9.17) is 0 Å². The predicted octanol–water partition coefficient (Wildman–Crippen LogP) is 3.17. The third kappa shape index (κ3) is 9.69. The number of nitrogens with zero attached hydrogens (tertiary/aromatic N) is 1. The number of thioether (sulfide) groups is 1. The molecule has 1 aromatic carbocycles. The zero-order chi connectivity index (χ0) is 18.1. The summed E-state index contributed by atoms with van der Waals surface area (Å²) in [7, 11) is -3.21. The maximum atomic E-state index is 12.2. The van der Waals surface area contributed by atoms with Gasteiger partial charge in [-0.1, -0.05) is 18.2 Å². The van der Waals surface area contributed by atoms with Gasteiger partial charge in [0.25, 0.3) is 0 Å². The molecule has 0 amide bonds. The zero-order valence-corrected chi connectivity index (χ0v) is 19.4. The number of hydrogen-bond acceptors (Lipinski definition) is 4. The molecule has 2 N–H and O–H groups in total. The minimum atomic E-state index is -3.21. The second kappa shape index (κ2) is 12.0. The average molecular weight is 499 g/mol. The highest BCUT2D eigenvalue weighted by Gasteiger charge is 2.16. The molecule has 25 heavy (non-hydrogen) atoms. The molecule has 0 spiro atoms. The SMILES string of the molecule is CCNC(=NCC(C)(C)SC)NCCCS(=O)(=O)c1ccccc1.I. The molecule has 0 saturated heterocycles. The molecule has 0 atom stereocenters. The predicted molar refractivity (Wildman–Crippen MR) is 120 cm³/mol. The van der Waals surface area contributed by atoms with Crippen molar-refractivity contribution >= 4 is 51.5 Å². The minimum Gasteiger partial charge on any atom is -0.357 e. The van der Waals surface area contributed by atoms with Gasteiger partial charge in [-0.15, -0.1) is 24.0 Å². The van der Waals surface area contributed by atoms with E-state index < -0.39 is 9.84 Å². The standard InChI is InChI=1S/C17H29N3O2S2.HI/c1-5-18-16(20-14-17(2,3)23-4)19-12-9-13-24(21,22)15-10-7-6-8-11-15;/h6-8,10-11H,5,9,12-14H2,1-4H3,(H2,18,19,20);1H. The van der Waals surface area contributed by atoms with Crippen molar-refractivity contribution < 1.29 is 8.42 Å². The fourth-order valence-electron chi connectivity index (χ4n) is 1.89. The van der Waals surface area contributed by atoms with E-state index in [0.29, 0.717) is 24.4 Å². The second-order valence-electron chi connectivity index (χ2n) is 6.07. The van der Waals surface area contributed by atoms with Gasteiger partial charge in [0.1, 0.15) is 0 Å². The van der Waals surface area contributed by atoms with Crippen LogP contribution in [0.2, 0.25) is 0 Å². The summed E-state index contributed by atoms with van der Waals surface area (Å²) in [4.78, 5) is 4.95. The van der Waals surface area contributed by atoms with Crippen LogP contribution in [0.25, 0.3) is 0 Å². The number of guanidine groups is 1. The first-order valence-electron chi connectivity index (χ1n) is 8.16. The Hall–Kier alpha value is -0.480. The molecular formula is C17H30IN3O2S2. The molecule has 0 bridgehead atoms. The number of sulfone groups is 1. The molecule has 0 unspecified atom stereocenters. The molecule has 0 heterocycles. The molecule has 0 radical (unpaired) electrons. The quantitative estimate of drug-likeness (QED) is 0.237. The molecule has 0 aliphatic carbocycles. The van der Waals surface area contributed by atoms with Crippen LogP contribution >= 0.6 is 35.7 Å². The topological polar surface area (TPSA) is 70.6 Å². The van der Waals surface area contributed by atoms with E-state index >= 15 is 0 Å². The number of nitrogens with one attached hydrogen (secondary N) is 2. The van der Waals surface area contributed by atoms with Gasteiger partial charge < -0.3 is 10.6 Å². The van der Waals surface area contributed by atoms with E-state index in [0.717, 1.165) is 12.5 Å². The Labute approximate surface area is 173 Å². The molecule has 0 aliphatic heterocycles. The molecule has 0 aromatic heterocycles. The van der Waals surface area contributed by atoms with Crippen molar-refractivity contribution in [1.82, 2.24) is 10.6 Å². The maximum Gasteiger partial charge on any atom is 0.191 e. The third-order valence-corrected chi connectivity index (χ3v) is 6.55. The molecule has 1 rings (SSSR count). The first kappa shape index (κ1) is 24.5. The first-order chi connectivity index (χ1) is 11.3. The molecule has 144 valence electrons. The van der Waals surface area contributed by atoms with Gasteiger partial charge in [-0.3, -0.25) is 4.99 Å². The number of hydrogen-bond donors (Lipinski definition) is 2. The van der Waals surface area contributed by atoms with Crippen molar-refractivity contribution in [3.8, 4) is 0 Å². The number of halogens is 1. The van der Waals surface area contributed by atoms with E-state index in [-0.39, 0.29) is 34.5 Å². The normalized spacial score (nSPS) is 12.4. The average Bonchev–Trinajstić information content (AvgIpc) is 2.57. The summed E-state index contributed by atoms with van der Waals surface area (Å²) in [6, 6.07) is 8.58. The van der Waals surface area contributed by atoms with Gasteiger partial charge in [-0.05, 0) is 45.6 Å². The molecular weight excluding hydrogens is 469 g/mol. The lowest BCUT2D eigenvalue weighted by molar-refractivity contribution is 0.592. The highest BCUT2D eigenvalue weighted by Crippen LogP contribution is 2.20. The summed E-state index contributed by atoms with van der Waals surface area (Å²) >= 11 is 1.77. The van der Waals surface area contributed by atoms with Crippen LogP contribution in [0.15, 0.2) is 40.2 Å². The van der Waals surface area contributed by atoms with Crippen LogP contribution in [0.3, 0.4) is 0 Å². The van der Waals surface area contributed by atoms with Crippen molar-refractivity contribution in [2.24, 2.45) is 4.99 Å². The summed E-state index contributed by atoms with van der Waals surface area (Å²) in [6.45, 7) is 8.35. The van der Waals surface area contributed by atoms with Gasteiger partial charge in [0.05, 0.1) is 17.2 Å². The molecule has 0 aliphatic rings. The van der Waals surface area contributed by atoms with Crippen LogP contribution in [0.1, 0.15) is 27.2 Å². The van der Waals surface area contributed by atoms with Gasteiger partial charge in [0, 0.05) is 17.8 Å². The Bertz CT molecular complexity index is 620. The number of aliphatic imine (C=N–C) groups is 1. The van der Waals surface area contributed by atoms with E-state index in [9.17, 15) is 8.42 Å². The second-order valence-corrected chi connectivity index (χ2v) is 9.69. The van der Waals surface area contributed by atoms with Crippen LogP contribution in [0.4, 0.5) is 0 Å². The van der Waals surface area contributed by atoms with Crippen molar-refractivity contribution in [3.05, 3.63) is 30.3 Å². The molecule has 1 aromatic rings. The molecule has 5 nitrogen and oxygen atoms in total. The first-order valence-corrected chi connectivity index (χ1v) is 11.0. The van der Waals surface area contributed by atoms with Gasteiger partial charge >= 0.3 is 0 Å². The van der Waals surface area contributed by atoms with Crippen LogP contribution in [-0.2, 0) is 9.84 Å². The third-order valence-electron chi connectivity index (χ3n) is 3.50. The lowest BCUT2D eigenvalue weighted by Crippen LogP contribution is -2.39. The highest BCUT2D eigenvalue weighted by molar-refractivity contribution is 14.0. The number of benzene rings is 1. The van der Waals surface area contributed by atoms with E-state index in [1.165, 1.54) is 0 Å². The zero-order valence-electron chi connectivity index (χ0n) is 15.4. The molecule has 8 heteroatoms. The minimum absolute atomic E-state index is 0. The largest absolute Gasteiger partial charge is 0.357 e. The highest BCUT2D eigenvalue weighted by atomic mass is 127.